The lowest BCUT2D eigenvalue weighted by molar-refractivity contribution is -0.400. The second-order valence-corrected chi connectivity index (χ2v) is 5.31. The predicted octanol–water partition coefficient (Wildman–Crippen LogP) is 3.43. The molecule has 1 aromatic heterocycles. The molecule has 0 saturated carbocycles. The highest BCUT2D eigenvalue weighted by Crippen LogP contribution is 2.23. The summed E-state index contributed by atoms with van der Waals surface area (Å²) in [6, 6.07) is 15.6. The van der Waals surface area contributed by atoms with Crippen LogP contribution in [0.25, 0.3) is 17.0 Å². The van der Waals surface area contributed by atoms with Gasteiger partial charge in [0.15, 0.2) is 0 Å². The quantitative estimate of drug-likeness (QED) is 0.580. The van der Waals surface area contributed by atoms with Crippen LogP contribution in [0.5, 0.6) is 0 Å². The van der Waals surface area contributed by atoms with Gasteiger partial charge in [-0.25, -0.2) is 0 Å². The molecule has 0 atom stereocenters. The fourth-order valence-electron chi connectivity index (χ4n) is 2.63. The molecule has 5 nitrogen and oxygen atoms in total. The molecule has 2 aromatic carbocycles. The molecule has 0 amide bonds. The van der Waals surface area contributed by atoms with Crippen LogP contribution in [0.3, 0.4) is 0 Å². The number of hydrogen-bond acceptors (Lipinski definition) is 3. The van der Waals surface area contributed by atoms with Gasteiger partial charge in [0.05, 0.1) is 11.5 Å². The first-order valence-electron chi connectivity index (χ1n) is 7.25. The van der Waals surface area contributed by atoms with Crippen LogP contribution in [0.15, 0.2) is 60.9 Å². The van der Waals surface area contributed by atoms with Crippen molar-refractivity contribution in [3.63, 3.8) is 0 Å². The second kappa shape index (κ2) is 6.46. The molecule has 0 aliphatic carbocycles. The lowest BCUT2D eigenvalue weighted by Crippen LogP contribution is -1.98. The Morgan fingerprint density at radius 3 is 2.48 bits per heavy atom. The number of nitrogens with zero attached hydrogens (tertiary/aromatic N) is 2. The molecule has 0 fully saturated rings. The van der Waals surface area contributed by atoms with E-state index in [0.29, 0.717) is 6.54 Å². The van der Waals surface area contributed by atoms with Crippen molar-refractivity contribution in [3.8, 4) is 0 Å². The van der Waals surface area contributed by atoms with Gasteiger partial charge in [0, 0.05) is 35.3 Å². The number of nitro groups is 1. The SMILES string of the molecule is O=[N+]([O-])C=Cc1cn(Cc2ccc(CO)cc2)c2ccccc12. The number of aliphatic hydroxyl groups is 1. The van der Waals surface area contributed by atoms with Crippen molar-refractivity contribution in [2.45, 2.75) is 13.2 Å². The highest BCUT2D eigenvalue weighted by Gasteiger charge is 2.07. The average molecular weight is 308 g/mol. The van der Waals surface area contributed by atoms with E-state index in [1.807, 2.05) is 54.7 Å². The summed E-state index contributed by atoms with van der Waals surface area (Å²) in [5.41, 5.74) is 3.83. The molecule has 1 N–H and O–H groups in total. The molecule has 3 aromatic rings. The Morgan fingerprint density at radius 1 is 1.09 bits per heavy atom. The van der Waals surface area contributed by atoms with E-state index in [0.717, 1.165) is 33.8 Å². The summed E-state index contributed by atoms with van der Waals surface area (Å²) >= 11 is 0. The number of aromatic nitrogens is 1. The Labute approximate surface area is 133 Å². The third-order valence-electron chi connectivity index (χ3n) is 3.75. The van der Waals surface area contributed by atoms with Crippen LogP contribution in [0, 0.1) is 10.1 Å². The topological polar surface area (TPSA) is 68.3 Å². The highest BCUT2D eigenvalue weighted by atomic mass is 16.6. The van der Waals surface area contributed by atoms with Crippen LogP contribution in [0.2, 0.25) is 0 Å². The van der Waals surface area contributed by atoms with E-state index in [1.165, 1.54) is 6.08 Å². The van der Waals surface area contributed by atoms with Crippen LogP contribution in [0.4, 0.5) is 0 Å². The number of benzene rings is 2. The maximum Gasteiger partial charge on any atom is 0.235 e. The fraction of sp³-hybridized carbons (Fsp3) is 0.111. The summed E-state index contributed by atoms with van der Waals surface area (Å²) in [5.74, 6) is 0. The summed E-state index contributed by atoms with van der Waals surface area (Å²) in [6.45, 7) is 0.696. The van der Waals surface area contributed by atoms with Crippen molar-refractivity contribution in [1.29, 1.82) is 0 Å². The van der Waals surface area contributed by atoms with Crippen molar-refractivity contribution in [3.05, 3.63) is 87.7 Å². The molecule has 0 aliphatic rings. The van der Waals surface area contributed by atoms with Crippen LogP contribution >= 0.6 is 0 Å². The Hall–Kier alpha value is -2.92. The predicted molar refractivity (Wildman–Crippen MR) is 89.4 cm³/mol. The first kappa shape index (κ1) is 15.0. The first-order valence-corrected chi connectivity index (χ1v) is 7.25. The number of para-hydroxylation sites is 1. The molecule has 0 radical (unpaired) electrons. The molecule has 0 bridgehead atoms. The standard InChI is InChI=1S/C18H16N2O3/c21-13-15-7-5-14(6-8-15)11-19-12-16(9-10-20(22)23)17-3-1-2-4-18(17)19/h1-10,12,21H,11,13H2. The molecule has 1 heterocycles. The molecule has 0 saturated heterocycles. The van der Waals surface area contributed by atoms with Gasteiger partial charge in [-0.2, -0.15) is 0 Å². The van der Waals surface area contributed by atoms with Gasteiger partial charge in [0.2, 0.25) is 6.20 Å². The minimum atomic E-state index is -0.459. The Morgan fingerprint density at radius 2 is 1.78 bits per heavy atom. The fourth-order valence-corrected chi connectivity index (χ4v) is 2.63. The molecule has 116 valence electrons. The van der Waals surface area contributed by atoms with Gasteiger partial charge in [-0.3, -0.25) is 10.1 Å². The van der Waals surface area contributed by atoms with Crippen molar-refractivity contribution in [2.75, 3.05) is 0 Å². The second-order valence-electron chi connectivity index (χ2n) is 5.31. The van der Waals surface area contributed by atoms with Gasteiger partial charge in [-0.05, 0) is 17.2 Å². The maximum absolute atomic E-state index is 10.6. The molecule has 0 spiro atoms. The van der Waals surface area contributed by atoms with Crippen molar-refractivity contribution in [1.82, 2.24) is 4.57 Å². The maximum atomic E-state index is 10.6. The molecular formula is C18H16N2O3. The average Bonchev–Trinajstić information content (AvgIpc) is 2.92. The van der Waals surface area contributed by atoms with E-state index < -0.39 is 4.92 Å². The highest BCUT2D eigenvalue weighted by molar-refractivity contribution is 5.89. The van der Waals surface area contributed by atoms with Gasteiger partial charge in [-0.1, -0.05) is 42.5 Å². The number of rotatable bonds is 5. The van der Waals surface area contributed by atoms with Gasteiger partial charge in [0.25, 0.3) is 0 Å². The third kappa shape index (κ3) is 3.30. The number of fused-ring (bicyclic) bond motifs is 1. The van der Waals surface area contributed by atoms with Crippen LogP contribution in [0.1, 0.15) is 16.7 Å². The summed E-state index contributed by atoms with van der Waals surface area (Å²) in [5, 5.41) is 20.6. The van der Waals surface area contributed by atoms with Crippen LogP contribution in [-0.4, -0.2) is 14.6 Å². The Kier molecular flexibility index (Phi) is 4.21. The van der Waals surface area contributed by atoms with Gasteiger partial charge in [-0.15, -0.1) is 0 Å². The zero-order valence-electron chi connectivity index (χ0n) is 12.4. The summed E-state index contributed by atoms with van der Waals surface area (Å²) in [4.78, 5) is 10.1. The lowest BCUT2D eigenvalue weighted by atomic mass is 10.1. The summed E-state index contributed by atoms with van der Waals surface area (Å²) < 4.78 is 2.07. The number of hydrogen-bond donors (Lipinski definition) is 1. The lowest BCUT2D eigenvalue weighted by Gasteiger charge is -2.06. The van der Waals surface area contributed by atoms with E-state index >= 15 is 0 Å². The smallest absolute Gasteiger partial charge is 0.235 e. The van der Waals surface area contributed by atoms with Crippen molar-refractivity contribution >= 4 is 17.0 Å². The van der Waals surface area contributed by atoms with Gasteiger partial charge >= 0.3 is 0 Å². The molecule has 0 aliphatic heterocycles. The summed E-state index contributed by atoms with van der Waals surface area (Å²) in [6.07, 6.45) is 4.40. The van der Waals surface area contributed by atoms with Crippen molar-refractivity contribution in [2.24, 2.45) is 0 Å². The molecular weight excluding hydrogens is 292 g/mol. The first-order chi connectivity index (χ1) is 11.2. The Balaban J connectivity index is 1.98. The van der Waals surface area contributed by atoms with E-state index in [4.69, 9.17) is 5.11 Å². The zero-order chi connectivity index (χ0) is 16.2. The molecule has 0 unspecified atom stereocenters. The third-order valence-corrected chi connectivity index (χ3v) is 3.75. The molecule has 23 heavy (non-hydrogen) atoms. The minimum absolute atomic E-state index is 0.0303. The monoisotopic (exact) mass is 308 g/mol. The van der Waals surface area contributed by atoms with E-state index in [-0.39, 0.29) is 6.61 Å². The normalized spacial score (nSPS) is 11.3. The van der Waals surface area contributed by atoms with Crippen molar-refractivity contribution < 1.29 is 10.0 Å². The van der Waals surface area contributed by atoms with Gasteiger partial charge < -0.3 is 9.67 Å². The zero-order valence-corrected chi connectivity index (χ0v) is 12.4. The minimum Gasteiger partial charge on any atom is -0.392 e. The van der Waals surface area contributed by atoms with E-state index in [9.17, 15) is 10.1 Å². The van der Waals surface area contributed by atoms with Gasteiger partial charge in [0.1, 0.15) is 0 Å². The number of aliphatic hydroxyl groups excluding tert-OH is 1. The van der Waals surface area contributed by atoms with E-state index in [1.54, 1.807) is 0 Å². The van der Waals surface area contributed by atoms with E-state index in [2.05, 4.69) is 4.57 Å². The van der Waals surface area contributed by atoms with Crippen LogP contribution < -0.4 is 0 Å². The molecule has 3 rings (SSSR count). The molecule has 5 heteroatoms. The Bertz CT molecular complexity index is 864. The largest absolute Gasteiger partial charge is 0.392 e. The summed E-state index contributed by atoms with van der Waals surface area (Å²) in [7, 11) is 0. The van der Waals surface area contributed by atoms with Crippen LogP contribution in [-0.2, 0) is 13.2 Å².